The molecule has 0 aliphatic rings. The third-order valence-corrected chi connectivity index (χ3v) is 2.69. The van der Waals surface area contributed by atoms with Gasteiger partial charge in [0.05, 0.1) is 18.9 Å². The highest BCUT2D eigenvalue weighted by atomic mass is 79.9. The summed E-state index contributed by atoms with van der Waals surface area (Å²) in [6, 6.07) is 5.71. The lowest BCUT2D eigenvalue weighted by molar-refractivity contribution is 0.413. The average molecular weight is 268 g/mol. The zero-order valence-corrected chi connectivity index (χ0v) is 10.0. The maximum Gasteiger partial charge on any atom is 0.231 e. The summed E-state index contributed by atoms with van der Waals surface area (Å²) in [7, 11) is 1.63. The van der Waals surface area contributed by atoms with E-state index in [0.29, 0.717) is 5.89 Å². The summed E-state index contributed by atoms with van der Waals surface area (Å²) in [5.41, 5.74) is 0.841. The number of benzene rings is 1. The standard InChI is InChI=1S/C11H10BrNO2/c1-7-6-13-11(15-7)10-8(12)4-3-5-9(10)14-2/h3-6H,1-2H3. The van der Waals surface area contributed by atoms with E-state index in [1.54, 1.807) is 13.3 Å². The number of aryl methyl sites for hydroxylation is 1. The smallest absolute Gasteiger partial charge is 0.231 e. The number of hydrogen-bond acceptors (Lipinski definition) is 3. The summed E-state index contributed by atoms with van der Waals surface area (Å²) in [4.78, 5) is 4.18. The molecule has 0 saturated carbocycles. The molecule has 15 heavy (non-hydrogen) atoms. The molecule has 2 rings (SSSR count). The van der Waals surface area contributed by atoms with E-state index in [-0.39, 0.29) is 0 Å². The number of aromatic nitrogens is 1. The van der Waals surface area contributed by atoms with Gasteiger partial charge >= 0.3 is 0 Å². The van der Waals surface area contributed by atoms with Crippen LogP contribution in [0.3, 0.4) is 0 Å². The van der Waals surface area contributed by atoms with Crippen molar-refractivity contribution in [2.75, 3.05) is 7.11 Å². The lowest BCUT2D eigenvalue weighted by Crippen LogP contribution is -1.88. The molecule has 1 aromatic heterocycles. The van der Waals surface area contributed by atoms with Gasteiger partial charge in [0.25, 0.3) is 0 Å². The first-order chi connectivity index (χ1) is 7.22. The van der Waals surface area contributed by atoms with Gasteiger partial charge in [-0.1, -0.05) is 6.07 Å². The second-order valence-corrected chi connectivity index (χ2v) is 3.95. The van der Waals surface area contributed by atoms with E-state index in [0.717, 1.165) is 21.5 Å². The van der Waals surface area contributed by atoms with Crippen molar-refractivity contribution in [1.82, 2.24) is 4.98 Å². The maximum atomic E-state index is 5.47. The Hall–Kier alpha value is -1.29. The lowest BCUT2D eigenvalue weighted by atomic mass is 10.2. The van der Waals surface area contributed by atoms with Crippen LogP contribution in [-0.2, 0) is 0 Å². The number of hydrogen-bond donors (Lipinski definition) is 0. The Morgan fingerprint density at radius 3 is 2.80 bits per heavy atom. The minimum Gasteiger partial charge on any atom is -0.496 e. The molecule has 0 fully saturated rings. The first-order valence-electron chi connectivity index (χ1n) is 4.47. The predicted molar refractivity (Wildman–Crippen MR) is 60.9 cm³/mol. The molecule has 4 heteroatoms. The van der Waals surface area contributed by atoms with E-state index in [9.17, 15) is 0 Å². The fraction of sp³-hybridized carbons (Fsp3) is 0.182. The molecule has 0 amide bonds. The molecule has 3 nitrogen and oxygen atoms in total. The quantitative estimate of drug-likeness (QED) is 0.837. The van der Waals surface area contributed by atoms with Crippen LogP contribution in [0.2, 0.25) is 0 Å². The molecular formula is C11H10BrNO2. The molecule has 0 aliphatic carbocycles. The fourth-order valence-corrected chi connectivity index (χ4v) is 1.87. The van der Waals surface area contributed by atoms with E-state index < -0.39 is 0 Å². The second kappa shape index (κ2) is 4.06. The average Bonchev–Trinajstić information content (AvgIpc) is 2.64. The monoisotopic (exact) mass is 267 g/mol. The van der Waals surface area contributed by atoms with Crippen LogP contribution in [0.15, 0.2) is 33.3 Å². The highest BCUT2D eigenvalue weighted by Gasteiger charge is 2.14. The summed E-state index contributed by atoms with van der Waals surface area (Å²) in [6.07, 6.45) is 1.69. The topological polar surface area (TPSA) is 35.3 Å². The summed E-state index contributed by atoms with van der Waals surface area (Å²) >= 11 is 3.45. The number of ether oxygens (including phenoxy) is 1. The molecule has 0 spiro atoms. The van der Waals surface area contributed by atoms with Gasteiger partial charge in [-0.05, 0) is 35.0 Å². The van der Waals surface area contributed by atoms with Gasteiger partial charge in [0.15, 0.2) is 0 Å². The molecule has 0 bridgehead atoms. The van der Waals surface area contributed by atoms with Gasteiger partial charge in [-0.2, -0.15) is 0 Å². The summed E-state index contributed by atoms with van der Waals surface area (Å²) in [6.45, 7) is 1.86. The molecule has 0 N–H and O–H groups in total. The Labute approximate surface area is 96.2 Å². The normalized spacial score (nSPS) is 10.3. The van der Waals surface area contributed by atoms with Crippen LogP contribution in [0.1, 0.15) is 5.76 Å². The maximum absolute atomic E-state index is 5.47. The Morgan fingerprint density at radius 2 is 2.20 bits per heavy atom. The first kappa shape index (κ1) is 10.2. The van der Waals surface area contributed by atoms with E-state index >= 15 is 0 Å². The minimum absolute atomic E-state index is 0.567. The minimum atomic E-state index is 0.567. The van der Waals surface area contributed by atoms with Gasteiger partial charge < -0.3 is 9.15 Å². The van der Waals surface area contributed by atoms with Crippen LogP contribution in [0.5, 0.6) is 5.75 Å². The number of oxazole rings is 1. The van der Waals surface area contributed by atoms with E-state index in [2.05, 4.69) is 20.9 Å². The van der Waals surface area contributed by atoms with Gasteiger partial charge in [0.1, 0.15) is 11.5 Å². The Kier molecular flexibility index (Phi) is 2.77. The molecular weight excluding hydrogens is 258 g/mol. The van der Waals surface area contributed by atoms with Crippen molar-refractivity contribution in [3.05, 3.63) is 34.6 Å². The third-order valence-electron chi connectivity index (χ3n) is 2.03. The van der Waals surface area contributed by atoms with Crippen molar-refractivity contribution < 1.29 is 9.15 Å². The van der Waals surface area contributed by atoms with Crippen LogP contribution >= 0.6 is 15.9 Å². The molecule has 78 valence electrons. The second-order valence-electron chi connectivity index (χ2n) is 3.09. The molecule has 0 saturated heterocycles. The molecule has 0 atom stereocenters. The summed E-state index contributed by atoms with van der Waals surface area (Å²) < 4.78 is 11.6. The Bertz CT molecular complexity index is 479. The fourth-order valence-electron chi connectivity index (χ4n) is 1.35. The van der Waals surface area contributed by atoms with E-state index in [1.807, 2.05) is 25.1 Å². The van der Waals surface area contributed by atoms with Gasteiger partial charge in [0, 0.05) is 4.47 Å². The van der Waals surface area contributed by atoms with Gasteiger partial charge in [-0.25, -0.2) is 4.98 Å². The van der Waals surface area contributed by atoms with Gasteiger partial charge in [-0.3, -0.25) is 0 Å². The van der Waals surface area contributed by atoms with Crippen molar-refractivity contribution >= 4 is 15.9 Å². The first-order valence-corrected chi connectivity index (χ1v) is 5.27. The van der Waals surface area contributed by atoms with Crippen LogP contribution in [0.4, 0.5) is 0 Å². The summed E-state index contributed by atoms with van der Waals surface area (Å²) in [5.74, 6) is 2.09. The van der Waals surface area contributed by atoms with E-state index in [4.69, 9.17) is 9.15 Å². The van der Waals surface area contributed by atoms with Gasteiger partial charge in [-0.15, -0.1) is 0 Å². The van der Waals surface area contributed by atoms with Crippen molar-refractivity contribution in [3.63, 3.8) is 0 Å². The highest BCUT2D eigenvalue weighted by molar-refractivity contribution is 9.10. The molecule has 1 heterocycles. The van der Waals surface area contributed by atoms with Gasteiger partial charge in [0.2, 0.25) is 5.89 Å². The SMILES string of the molecule is COc1cccc(Br)c1-c1ncc(C)o1. The largest absolute Gasteiger partial charge is 0.496 e. The van der Waals surface area contributed by atoms with E-state index in [1.165, 1.54) is 0 Å². The van der Waals surface area contributed by atoms with Crippen LogP contribution < -0.4 is 4.74 Å². The predicted octanol–water partition coefficient (Wildman–Crippen LogP) is 3.42. The number of nitrogens with zero attached hydrogens (tertiary/aromatic N) is 1. The zero-order chi connectivity index (χ0) is 10.8. The number of rotatable bonds is 2. The molecule has 0 unspecified atom stereocenters. The molecule has 1 aromatic carbocycles. The number of methoxy groups -OCH3 is 1. The van der Waals surface area contributed by atoms with Crippen molar-refractivity contribution in [1.29, 1.82) is 0 Å². The lowest BCUT2D eigenvalue weighted by Gasteiger charge is -2.06. The van der Waals surface area contributed by atoms with Crippen molar-refractivity contribution in [2.24, 2.45) is 0 Å². The summed E-state index contributed by atoms with van der Waals surface area (Å²) in [5, 5.41) is 0. The zero-order valence-electron chi connectivity index (χ0n) is 8.45. The van der Waals surface area contributed by atoms with Crippen molar-refractivity contribution in [2.45, 2.75) is 6.92 Å². The van der Waals surface area contributed by atoms with Crippen LogP contribution in [-0.4, -0.2) is 12.1 Å². The molecule has 2 aromatic rings. The molecule has 0 aliphatic heterocycles. The van der Waals surface area contributed by atoms with Crippen LogP contribution in [0.25, 0.3) is 11.5 Å². The molecule has 0 radical (unpaired) electrons. The third kappa shape index (κ3) is 1.90. The Balaban J connectivity index is 2.60. The highest BCUT2D eigenvalue weighted by Crippen LogP contribution is 2.35. The van der Waals surface area contributed by atoms with Crippen molar-refractivity contribution in [3.8, 4) is 17.2 Å². The number of halogens is 1. The Morgan fingerprint density at radius 1 is 1.40 bits per heavy atom. The van der Waals surface area contributed by atoms with Crippen LogP contribution in [0, 0.1) is 6.92 Å².